The summed E-state index contributed by atoms with van der Waals surface area (Å²) in [7, 11) is -2.11. The summed E-state index contributed by atoms with van der Waals surface area (Å²) < 4.78 is 28.9. The molecule has 2 aromatic rings. The molecule has 0 saturated heterocycles. The SMILES string of the molecule is Cc1nn(C)c(C)c1S(=O)(=O)Nc1c(N)cccc1Cl. The maximum absolute atomic E-state index is 12.5. The summed E-state index contributed by atoms with van der Waals surface area (Å²) in [4.78, 5) is 0.138. The molecule has 0 fully saturated rings. The van der Waals surface area contributed by atoms with Gasteiger partial charge in [0.1, 0.15) is 4.90 Å². The normalized spacial score (nSPS) is 11.6. The molecule has 20 heavy (non-hydrogen) atoms. The van der Waals surface area contributed by atoms with Crippen molar-refractivity contribution < 1.29 is 8.42 Å². The number of rotatable bonds is 3. The Balaban J connectivity index is 2.52. The van der Waals surface area contributed by atoms with Crippen molar-refractivity contribution in [1.29, 1.82) is 0 Å². The van der Waals surface area contributed by atoms with Gasteiger partial charge in [0.25, 0.3) is 10.0 Å². The number of benzene rings is 1. The number of nitrogen functional groups attached to an aromatic ring is 1. The van der Waals surface area contributed by atoms with E-state index in [1.165, 1.54) is 4.68 Å². The molecule has 0 radical (unpaired) electrons. The van der Waals surface area contributed by atoms with E-state index in [1.807, 2.05) is 0 Å². The van der Waals surface area contributed by atoms with Crippen molar-refractivity contribution in [2.45, 2.75) is 18.7 Å². The summed E-state index contributed by atoms with van der Waals surface area (Å²) in [6.45, 7) is 3.32. The third-order valence-electron chi connectivity index (χ3n) is 2.99. The van der Waals surface area contributed by atoms with Crippen LogP contribution >= 0.6 is 11.6 Å². The molecule has 8 heteroatoms. The molecule has 0 saturated carbocycles. The van der Waals surface area contributed by atoms with Crippen molar-refractivity contribution in [3.8, 4) is 0 Å². The van der Waals surface area contributed by atoms with Crippen LogP contribution in [-0.2, 0) is 17.1 Å². The fraction of sp³-hybridized carbons (Fsp3) is 0.250. The molecule has 1 aromatic carbocycles. The average Bonchev–Trinajstić information content (AvgIpc) is 2.59. The molecule has 1 aromatic heterocycles. The first-order valence-corrected chi connectivity index (χ1v) is 7.67. The van der Waals surface area contributed by atoms with Crippen LogP contribution < -0.4 is 10.5 Å². The lowest BCUT2D eigenvalue weighted by Crippen LogP contribution is -2.16. The molecule has 0 unspecified atom stereocenters. The van der Waals surface area contributed by atoms with Crippen LogP contribution in [0, 0.1) is 13.8 Å². The fourth-order valence-electron chi connectivity index (χ4n) is 1.98. The molecule has 2 rings (SSSR count). The van der Waals surface area contributed by atoms with E-state index >= 15 is 0 Å². The Morgan fingerprint density at radius 3 is 2.50 bits per heavy atom. The summed E-state index contributed by atoms with van der Waals surface area (Å²) in [5.74, 6) is 0. The fourth-order valence-corrected chi connectivity index (χ4v) is 3.81. The molecular formula is C12H15ClN4O2S. The number of halogens is 1. The number of hydrogen-bond donors (Lipinski definition) is 2. The number of nitrogens with two attached hydrogens (primary N) is 1. The Morgan fingerprint density at radius 2 is 2.00 bits per heavy atom. The van der Waals surface area contributed by atoms with Gasteiger partial charge in [0, 0.05) is 7.05 Å². The van der Waals surface area contributed by atoms with Crippen LogP contribution in [0.3, 0.4) is 0 Å². The van der Waals surface area contributed by atoms with E-state index in [0.717, 1.165) is 0 Å². The molecule has 1 heterocycles. The van der Waals surface area contributed by atoms with Gasteiger partial charge in [0.15, 0.2) is 0 Å². The van der Waals surface area contributed by atoms with E-state index in [9.17, 15) is 8.42 Å². The second-order valence-corrected chi connectivity index (χ2v) is 6.46. The summed E-state index contributed by atoms with van der Waals surface area (Å²) in [5, 5.41) is 4.34. The van der Waals surface area contributed by atoms with Crippen molar-refractivity contribution in [3.05, 3.63) is 34.6 Å². The molecule has 108 valence electrons. The van der Waals surface area contributed by atoms with Gasteiger partial charge in [-0.1, -0.05) is 17.7 Å². The van der Waals surface area contributed by atoms with Crippen molar-refractivity contribution in [2.75, 3.05) is 10.5 Å². The maximum Gasteiger partial charge on any atom is 0.265 e. The van der Waals surface area contributed by atoms with Crippen molar-refractivity contribution >= 4 is 33.0 Å². The van der Waals surface area contributed by atoms with Crippen molar-refractivity contribution in [2.24, 2.45) is 7.05 Å². The zero-order valence-electron chi connectivity index (χ0n) is 11.3. The number of nitrogens with one attached hydrogen (secondary N) is 1. The molecule has 0 amide bonds. The lowest BCUT2D eigenvalue weighted by molar-refractivity contribution is 0.599. The van der Waals surface area contributed by atoms with Gasteiger partial charge in [0.05, 0.1) is 27.8 Å². The van der Waals surface area contributed by atoms with Gasteiger partial charge in [-0.2, -0.15) is 5.10 Å². The third-order valence-corrected chi connectivity index (χ3v) is 4.91. The van der Waals surface area contributed by atoms with Crippen LogP contribution in [-0.4, -0.2) is 18.2 Å². The predicted molar refractivity (Wildman–Crippen MR) is 79.4 cm³/mol. The Hall–Kier alpha value is -1.73. The quantitative estimate of drug-likeness (QED) is 0.849. The molecular weight excluding hydrogens is 300 g/mol. The van der Waals surface area contributed by atoms with E-state index in [1.54, 1.807) is 39.1 Å². The Morgan fingerprint density at radius 1 is 1.35 bits per heavy atom. The standard InChI is InChI=1S/C12H15ClN4O2S/c1-7-12(8(2)17(3)15-7)20(18,19)16-11-9(13)5-4-6-10(11)14/h4-6,16H,14H2,1-3H3. The first kappa shape index (κ1) is 14.7. The van der Waals surface area contributed by atoms with E-state index in [-0.39, 0.29) is 21.3 Å². The monoisotopic (exact) mass is 314 g/mol. The van der Waals surface area contributed by atoms with Gasteiger partial charge in [-0.05, 0) is 26.0 Å². The highest BCUT2D eigenvalue weighted by Crippen LogP contribution is 2.31. The van der Waals surface area contributed by atoms with E-state index in [4.69, 9.17) is 17.3 Å². The van der Waals surface area contributed by atoms with Gasteiger partial charge in [-0.3, -0.25) is 9.40 Å². The summed E-state index contributed by atoms with van der Waals surface area (Å²) >= 11 is 5.98. The Bertz CT molecular complexity index is 748. The minimum absolute atomic E-state index is 0.138. The molecule has 3 N–H and O–H groups in total. The zero-order chi connectivity index (χ0) is 15.1. The summed E-state index contributed by atoms with van der Waals surface area (Å²) in [6, 6.07) is 4.79. The predicted octanol–water partition coefficient (Wildman–Crippen LogP) is 2.07. The number of sulfonamides is 1. The van der Waals surface area contributed by atoms with E-state index < -0.39 is 10.0 Å². The van der Waals surface area contributed by atoms with Gasteiger partial charge >= 0.3 is 0 Å². The van der Waals surface area contributed by atoms with Gasteiger partial charge in [-0.15, -0.1) is 0 Å². The molecule has 6 nitrogen and oxygen atoms in total. The van der Waals surface area contributed by atoms with Crippen molar-refractivity contribution in [3.63, 3.8) is 0 Å². The highest BCUT2D eigenvalue weighted by Gasteiger charge is 2.25. The lowest BCUT2D eigenvalue weighted by atomic mass is 10.3. The van der Waals surface area contributed by atoms with Crippen LogP contribution in [0.25, 0.3) is 0 Å². The topological polar surface area (TPSA) is 90.0 Å². The number of aromatic nitrogens is 2. The van der Waals surface area contributed by atoms with Gasteiger partial charge < -0.3 is 5.73 Å². The van der Waals surface area contributed by atoms with E-state index in [0.29, 0.717) is 11.4 Å². The highest BCUT2D eigenvalue weighted by molar-refractivity contribution is 7.92. The molecule has 0 aliphatic heterocycles. The second-order valence-electron chi connectivity index (χ2n) is 4.43. The lowest BCUT2D eigenvalue weighted by Gasteiger charge is -2.12. The number of hydrogen-bond acceptors (Lipinski definition) is 4. The van der Waals surface area contributed by atoms with Gasteiger partial charge in [0.2, 0.25) is 0 Å². The first-order valence-electron chi connectivity index (χ1n) is 5.81. The van der Waals surface area contributed by atoms with Gasteiger partial charge in [-0.25, -0.2) is 8.42 Å². The number of aryl methyl sites for hydroxylation is 2. The largest absolute Gasteiger partial charge is 0.397 e. The van der Waals surface area contributed by atoms with Crippen LogP contribution in [0.1, 0.15) is 11.4 Å². The molecule has 0 bridgehead atoms. The minimum Gasteiger partial charge on any atom is -0.397 e. The molecule has 0 spiro atoms. The van der Waals surface area contributed by atoms with Crippen LogP contribution in [0.2, 0.25) is 5.02 Å². The third kappa shape index (κ3) is 2.46. The van der Waals surface area contributed by atoms with Crippen LogP contribution in [0.4, 0.5) is 11.4 Å². The summed E-state index contributed by atoms with van der Waals surface area (Å²) in [5.41, 5.74) is 7.16. The van der Waals surface area contributed by atoms with Crippen LogP contribution in [0.15, 0.2) is 23.1 Å². The number of para-hydroxylation sites is 1. The van der Waals surface area contributed by atoms with E-state index in [2.05, 4.69) is 9.82 Å². The number of nitrogens with zero attached hydrogens (tertiary/aromatic N) is 2. The molecule has 0 aliphatic carbocycles. The number of anilines is 2. The van der Waals surface area contributed by atoms with Crippen LogP contribution in [0.5, 0.6) is 0 Å². The Labute approximate surface area is 122 Å². The molecule has 0 atom stereocenters. The maximum atomic E-state index is 12.5. The average molecular weight is 315 g/mol. The highest BCUT2D eigenvalue weighted by atomic mass is 35.5. The second kappa shape index (κ2) is 4.99. The van der Waals surface area contributed by atoms with Crippen molar-refractivity contribution in [1.82, 2.24) is 9.78 Å². The first-order chi connectivity index (χ1) is 9.24. The summed E-state index contributed by atoms with van der Waals surface area (Å²) in [6.07, 6.45) is 0. The smallest absolute Gasteiger partial charge is 0.265 e. The minimum atomic E-state index is -3.80. The zero-order valence-corrected chi connectivity index (χ0v) is 12.9. The molecule has 0 aliphatic rings. The Kier molecular flexibility index (Phi) is 3.66.